The van der Waals surface area contributed by atoms with Crippen LogP contribution in [0, 0.1) is 0 Å². The van der Waals surface area contributed by atoms with Gasteiger partial charge < -0.3 is 10.1 Å². The van der Waals surface area contributed by atoms with Crippen molar-refractivity contribution in [1.82, 2.24) is 5.32 Å². The molecular weight excluding hydrogens is 418 g/mol. The van der Waals surface area contributed by atoms with Crippen LogP contribution in [-0.4, -0.2) is 21.4 Å². The van der Waals surface area contributed by atoms with Gasteiger partial charge in [0.1, 0.15) is 5.75 Å². The first kappa shape index (κ1) is 20.6. The van der Waals surface area contributed by atoms with Gasteiger partial charge in [-0.25, -0.2) is 8.42 Å². The summed E-state index contributed by atoms with van der Waals surface area (Å²) in [6.45, 7) is 4.54. The van der Waals surface area contributed by atoms with Crippen LogP contribution < -0.4 is 10.1 Å². The van der Waals surface area contributed by atoms with Crippen molar-refractivity contribution in [2.75, 3.05) is 7.11 Å². The molecule has 0 aliphatic carbocycles. The molecule has 0 saturated heterocycles. The lowest BCUT2D eigenvalue weighted by Crippen LogP contribution is -2.21. The summed E-state index contributed by atoms with van der Waals surface area (Å²) in [6, 6.07) is 14.7. The maximum absolute atomic E-state index is 12.8. The predicted molar refractivity (Wildman–Crippen MR) is 119 cm³/mol. The van der Waals surface area contributed by atoms with Crippen LogP contribution in [-0.2, 0) is 22.1 Å². The fraction of sp³-hybridized carbons (Fsp3) is 0.261. The van der Waals surface area contributed by atoms with Gasteiger partial charge in [-0.05, 0) is 52.9 Å². The lowest BCUT2D eigenvalue weighted by Gasteiger charge is -2.18. The molecule has 0 radical (unpaired) electrons. The third-order valence-electron chi connectivity index (χ3n) is 5.24. The first-order chi connectivity index (χ1) is 14.3. The average Bonchev–Trinajstić information content (AvgIpc) is 3.15. The SMILES string of the molecule is COc1ccc(CNC(=O)c2cc3c(s2)-c2cc(C(C)C)ccc2S(=O)(=O)C3)cc1. The van der Waals surface area contributed by atoms with Crippen LogP contribution >= 0.6 is 11.3 Å². The van der Waals surface area contributed by atoms with Crippen LogP contribution in [0.1, 0.15) is 46.1 Å². The topological polar surface area (TPSA) is 72.5 Å². The Hall–Kier alpha value is -2.64. The Morgan fingerprint density at radius 1 is 1.13 bits per heavy atom. The fourth-order valence-corrected chi connectivity index (χ4v) is 6.37. The summed E-state index contributed by atoms with van der Waals surface area (Å²) < 4.78 is 30.7. The average molecular weight is 442 g/mol. The van der Waals surface area contributed by atoms with Gasteiger partial charge in [-0.15, -0.1) is 11.3 Å². The molecule has 2 heterocycles. The van der Waals surface area contributed by atoms with Crippen molar-refractivity contribution in [3.63, 3.8) is 0 Å². The van der Waals surface area contributed by atoms with E-state index in [0.29, 0.717) is 27.4 Å². The zero-order valence-corrected chi connectivity index (χ0v) is 18.7. The Morgan fingerprint density at radius 3 is 2.53 bits per heavy atom. The summed E-state index contributed by atoms with van der Waals surface area (Å²) in [4.78, 5) is 14.5. The van der Waals surface area contributed by atoms with E-state index in [1.807, 2.05) is 36.4 Å². The summed E-state index contributed by atoms with van der Waals surface area (Å²) in [5.74, 6) is 0.773. The number of carbonyl (C=O) groups is 1. The number of hydrogen-bond donors (Lipinski definition) is 1. The molecule has 4 rings (SSSR count). The van der Waals surface area contributed by atoms with Gasteiger partial charge in [0.2, 0.25) is 0 Å². The summed E-state index contributed by atoms with van der Waals surface area (Å²) in [6.07, 6.45) is 0. The summed E-state index contributed by atoms with van der Waals surface area (Å²) in [7, 11) is -1.80. The van der Waals surface area contributed by atoms with Gasteiger partial charge in [-0.1, -0.05) is 32.0 Å². The number of fused-ring (bicyclic) bond motifs is 3. The Balaban J connectivity index is 1.61. The monoisotopic (exact) mass is 441 g/mol. The maximum Gasteiger partial charge on any atom is 0.261 e. The Labute approximate surface area is 180 Å². The minimum Gasteiger partial charge on any atom is -0.497 e. The van der Waals surface area contributed by atoms with Gasteiger partial charge in [0, 0.05) is 17.0 Å². The van der Waals surface area contributed by atoms with Gasteiger partial charge in [-0.2, -0.15) is 0 Å². The molecule has 1 amide bonds. The van der Waals surface area contributed by atoms with Gasteiger partial charge in [0.15, 0.2) is 9.84 Å². The van der Waals surface area contributed by atoms with Crippen LogP contribution in [0.2, 0.25) is 0 Å². The Morgan fingerprint density at radius 2 is 1.87 bits per heavy atom. The molecule has 1 aliphatic rings. The molecule has 0 atom stereocenters. The first-order valence-corrected chi connectivity index (χ1v) is 12.2. The quantitative estimate of drug-likeness (QED) is 0.619. The largest absolute Gasteiger partial charge is 0.497 e. The molecule has 0 saturated carbocycles. The molecule has 0 bridgehead atoms. The lowest BCUT2D eigenvalue weighted by molar-refractivity contribution is 0.0955. The van der Waals surface area contributed by atoms with Crippen molar-refractivity contribution in [1.29, 1.82) is 0 Å². The number of amides is 1. The third-order valence-corrected chi connectivity index (χ3v) is 8.17. The smallest absolute Gasteiger partial charge is 0.261 e. The third kappa shape index (κ3) is 3.87. The highest BCUT2D eigenvalue weighted by molar-refractivity contribution is 7.91. The summed E-state index contributed by atoms with van der Waals surface area (Å²) in [5, 5.41) is 2.92. The fourth-order valence-electron chi connectivity index (χ4n) is 3.53. The molecule has 1 N–H and O–H groups in total. The van der Waals surface area contributed by atoms with Crippen molar-refractivity contribution < 1.29 is 17.9 Å². The molecule has 7 heteroatoms. The van der Waals surface area contributed by atoms with Gasteiger partial charge in [0.05, 0.1) is 22.6 Å². The Bertz CT molecular complexity index is 1210. The van der Waals surface area contributed by atoms with E-state index >= 15 is 0 Å². The second kappa shape index (κ2) is 7.89. The van der Waals surface area contributed by atoms with Crippen LogP contribution in [0.15, 0.2) is 53.4 Å². The highest BCUT2D eigenvalue weighted by Crippen LogP contribution is 2.43. The van der Waals surface area contributed by atoms with Crippen molar-refractivity contribution in [3.8, 4) is 16.2 Å². The predicted octanol–water partition coefficient (Wildman–Crippen LogP) is 4.76. The van der Waals surface area contributed by atoms with Gasteiger partial charge in [-0.3, -0.25) is 4.79 Å². The molecule has 1 aliphatic heterocycles. The van der Waals surface area contributed by atoms with E-state index in [1.54, 1.807) is 19.2 Å². The van der Waals surface area contributed by atoms with Gasteiger partial charge in [0.25, 0.3) is 5.91 Å². The zero-order chi connectivity index (χ0) is 21.5. The van der Waals surface area contributed by atoms with E-state index in [4.69, 9.17) is 4.74 Å². The number of benzene rings is 2. The molecule has 3 aromatic rings. The number of thiophene rings is 1. The van der Waals surface area contributed by atoms with E-state index in [1.165, 1.54) is 11.3 Å². The highest BCUT2D eigenvalue weighted by atomic mass is 32.2. The van der Waals surface area contributed by atoms with Crippen LogP contribution in [0.5, 0.6) is 5.75 Å². The molecule has 30 heavy (non-hydrogen) atoms. The number of ether oxygens (including phenoxy) is 1. The van der Waals surface area contributed by atoms with E-state index in [-0.39, 0.29) is 17.6 Å². The van der Waals surface area contributed by atoms with Crippen LogP contribution in [0.25, 0.3) is 10.4 Å². The molecule has 5 nitrogen and oxygen atoms in total. The van der Waals surface area contributed by atoms with Crippen molar-refractivity contribution in [3.05, 3.63) is 70.1 Å². The number of nitrogens with one attached hydrogen (secondary N) is 1. The van der Waals surface area contributed by atoms with Crippen molar-refractivity contribution >= 4 is 27.1 Å². The molecule has 156 valence electrons. The minimum absolute atomic E-state index is 0.0708. The summed E-state index contributed by atoms with van der Waals surface area (Å²) in [5.41, 5.74) is 3.44. The van der Waals surface area contributed by atoms with E-state index in [0.717, 1.165) is 21.8 Å². The molecule has 0 fully saturated rings. The summed E-state index contributed by atoms with van der Waals surface area (Å²) >= 11 is 1.35. The van der Waals surface area contributed by atoms with Crippen LogP contribution in [0.4, 0.5) is 0 Å². The number of rotatable bonds is 5. The first-order valence-electron chi connectivity index (χ1n) is 9.69. The van der Waals surface area contributed by atoms with E-state index in [2.05, 4.69) is 19.2 Å². The second-order valence-electron chi connectivity index (χ2n) is 7.67. The normalized spacial score (nSPS) is 14.1. The van der Waals surface area contributed by atoms with E-state index < -0.39 is 9.84 Å². The Kier molecular flexibility index (Phi) is 5.42. The lowest BCUT2D eigenvalue weighted by atomic mass is 9.99. The maximum atomic E-state index is 12.8. The molecule has 1 aromatic heterocycles. The molecule has 0 unspecified atom stereocenters. The standard InChI is InChI=1S/C23H23NO4S2/c1-14(2)16-6-9-21-19(10-16)22-17(13-30(21,26)27)11-20(29-22)23(25)24-12-15-4-7-18(28-3)8-5-15/h4-11,14H,12-13H2,1-3H3,(H,24,25). The number of carbonyl (C=O) groups excluding carboxylic acids is 1. The number of methoxy groups -OCH3 is 1. The number of sulfone groups is 1. The van der Waals surface area contributed by atoms with Crippen molar-refractivity contribution in [2.45, 2.75) is 37.0 Å². The van der Waals surface area contributed by atoms with Crippen molar-refractivity contribution in [2.24, 2.45) is 0 Å². The minimum atomic E-state index is -3.41. The highest BCUT2D eigenvalue weighted by Gasteiger charge is 2.31. The van der Waals surface area contributed by atoms with Gasteiger partial charge >= 0.3 is 0 Å². The molecule has 2 aromatic carbocycles. The molecule has 0 spiro atoms. The number of hydrogen-bond acceptors (Lipinski definition) is 5. The van der Waals surface area contributed by atoms with E-state index in [9.17, 15) is 13.2 Å². The zero-order valence-electron chi connectivity index (χ0n) is 17.1. The van der Waals surface area contributed by atoms with Crippen LogP contribution in [0.3, 0.4) is 0 Å². The molecular formula is C23H23NO4S2. The second-order valence-corrected chi connectivity index (χ2v) is 10.7.